The Bertz CT molecular complexity index is 1060. The molecule has 1 aromatic carbocycles. The number of hydrogen-bond donors (Lipinski definition) is 1. The average molecular weight is 506 g/mol. The highest BCUT2D eigenvalue weighted by atomic mass is 32.2. The van der Waals surface area contributed by atoms with Crippen LogP contribution in [0.25, 0.3) is 6.08 Å². The van der Waals surface area contributed by atoms with E-state index in [0.29, 0.717) is 40.7 Å². The zero-order valence-electron chi connectivity index (χ0n) is 19.3. The van der Waals surface area contributed by atoms with Crippen LogP contribution in [-0.4, -0.2) is 76.2 Å². The molecule has 0 unspecified atom stereocenters. The monoisotopic (exact) mass is 505 g/mol. The number of nitrogens with one attached hydrogen (secondary N) is 1. The summed E-state index contributed by atoms with van der Waals surface area (Å²) < 4.78 is 10.8. The summed E-state index contributed by atoms with van der Waals surface area (Å²) in [6, 6.07) is 4.76. The molecule has 0 saturated carbocycles. The first-order chi connectivity index (χ1) is 16.3. The lowest BCUT2D eigenvalue weighted by Crippen LogP contribution is -2.51. The quantitative estimate of drug-likeness (QED) is 0.538. The van der Waals surface area contributed by atoms with Crippen molar-refractivity contribution in [3.05, 3.63) is 28.7 Å². The molecule has 34 heavy (non-hydrogen) atoms. The van der Waals surface area contributed by atoms with Gasteiger partial charge in [0.2, 0.25) is 11.8 Å². The lowest BCUT2D eigenvalue weighted by molar-refractivity contribution is -0.137. The number of imide groups is 1. The second-order valence-electron chi connectivity index (χ2n) is 8.23. The van der Waals surface area contributed by atoms with Crippen LogP contribution >= 0.6 is 23.5 Å². The third-order valence-electron chi connectivity index (χ3n) is 6.04. The summed E-state index contributed by atoms with van der Waals surface area (Å²) in [4.78, 5) is 53.0. The van der Waals surface area contributed by atoms with Crippen LogP contribution in [0.5, 0.6) is 11.5 Å². The van der Waals surface area contributed by atoms with E-state index < -0.39 is 11.9 Å². The Labute approximate surface area is 206 Å². The Morgan fingerprint density at radius 3 is 2.82 bits per heavy atom. The summed E-state index contributed by atoms with van der Waals surface area (Å²) in [6.07, 6.45) is 2.83. The molecule has 3 heterocycles. The van der Waals surface area contributed by atoms with Crippen molar-refractivity contribution in [2.45, 2.75) is 37.6 Å². The Kier molecular flexibility index (Phi) is 7.13. The van der Waals surface area contributed by atoms with Crippen molar-refractivity contribution in [1.29, 1.82) is 0 Å². The number of benzene rings is 1. The van der Waals surface area contributed by atoms with Gasteiger partial charge in [-0.3, -0.25) is 24.1 Å². The molecule has 1 N–H and O–H groups in total. The minimum absolute atomic E-state index is 0.00496. The van der Waals surface area contributed by atoms with Crippen molar-refractivity contribution < 1.29 is 28.7 Å². The highest BCUT2D eigenvalue weighted by Crippen LogP contribution is 2.47. The lowest BCUT2D eigenvalue weighted by Gasteiger charge is -2.29. The minimum atomic E-state index is -0.519. The molecule has 9 nitrogen and oxygen atoms in total. The summed E-state index contributed by atoms with van der Waals surface area (Å²) in [5, 5.41) is 2.40. The number of amides is 4. The Hall–Kier alpha value is -2.66. The number of nitrogens with zero attached hydrogens (tertiary/aromatic N) is 2. The van der Waals surface area contributed by atoms with Crippen molar-refractivity contribution in [2.24, 2.45) is 0 Å². The van der Waals surface area contributed by atoms with Gasteiger partial charge in [-0.05, 0) is 55.8 Å². The van der Waals surface area contributed by atoms with Gasteiger partial charge in [0.1, 0.15) is 6.04 Å². The van der Waals surface area contributed by atoms with Crippen LogP contribution in [0.4, 0.5) is 4.79 Å². The SMILES string of the molecule is CCOc1ccc(/C=C2\SC(=O)N(CCNC(=O)[C@@H]3CS[C@@]4(C)CCC(=O)N34)C2=O)cc1OC. The summed E-state index contributed by atoms with van der Waals surface area (Å²) >= 11 is 2.48. The molecule has 0 aromatic heterocycles. The number of carbonyl (C=O) groups excluding carboxylic acids is 4. The lowest BCUT2D eigenvalue weighted by atomic mass is 10.2. The van der Waals surface area contributed by atoms with Crippen molar-refractivity contribution in [3.63, 3.8) is 0 Å². The van der Waals surface area contributed by atoms with Crippen molar-refractivity contribution in [3.8, 4) is 11.5 Å². The Morgan fingerprint density at radius 1 is 1.29 bits per heavy atom. The second kappa shape index (κ2) is 9.91. The van der Waals surface area contributed by atoms with E-state index in [1.54, 1.807) is 40.9 Å². The van der Waals surface area contributed by atoms with E-state index in [4.69, 9.17) is 9.47 Å². The summed E-state index contributed by atoms with van der Waals surface area (Å²) in [5.74, 6) is 1.02. The van der Waals surface area contributed by atoms with Gasteiger partial charge in [0, 0.05) is 25.3 Å². The maximum Gasteiger partial charge on any atom is 0.293 e. The Morgan fingerprint density at radius 2 is 2.09 bits per heavy atom. The molecule has 0 aliphatic carbocycles. The molecule has 182 valence electrons. The first-order valence-corrected chi connectivity index (χ1v) is 12.9. The van der Waals surface area contributed by atoms with Crippen molar-refractivity contribution in [2.75, 3.05) is 32.6 Å². The molecule has 1 aromatic rings. The molecule has 0 radical (unpaired) electrons. The van der Waals surface area contributed by atoms with E-state index in [1.807, 2.05) is 13.8 Å². The van der Waals surface area contributed by atoms with Gasteiger partial charge in [0.25, 0.3) is 11.1 Å². The van der Waals surface area contributed by atoms with Gasteiger partial charge in [0.05, 0.1) is 23.5 Å². The molecule has 4 rings (SSSR count). The van der Waals surface area contributed by atoms with Gasteiger partial charge in [-0.15, -0.1) is 11.8 Å². The number of methoxy groups -OCH3 is 1. The van der Waals surface area contributed by atoms with Crippen LogP contribution in [0.1, 0.15) is 32.3 Å². The van der Waals surface area contributed by atoms with Gasteiger partial charge in [0.15, 0.2) is 11.5 Å². The first-order valence-electron chi connectivity index (χ1n) is 11.1. The zero-order valence-corrected chi connectivity index (χ0v) is 20.9. The summed E-state index contributed by atoms with van der Waals surface area (Å²) in [5.41, 5.74) is 0.705. The molecule has 0 spiro atoms. The molecule has 3 aliphatic rings. The fraction of sp³-hybridized carbons (Fsp3) is 0.478. The smallest absolute Gasteiger partial charge is 0.293 e. The van der Waals surface area contributed by atoms with E-state index in [-0.39, 0.29) is 35.0 Å². The molecule has 11 heteroatoms. The second-order valence-corrected chi connectivity index (χ2v) is 10.7. The van der Waals surface area contributed by atoms with E-state index in [2.05, 4.69) is 5.32 Å². The fourth-order valence-electron chi connectivity index (χ4n) is 4.32. The summed E-state index contributed by atoms with van der Waals surface area (Å²) in [7, 11) is 1.54. The molecular formula is C23H27N3O6S2. The molecular weight excluding hydrogens is 478 g/mol. The van der Waals surface area contributed by atoms with Crippen molar-refractivity contribution in [1.82, 2.24) is 15.1 Å². The van der Waals surface area contributed by atoms with Crippen LogP contribution in [0.2, 0.25) is 0 Å². The molecule has 3 saturated heterocycles. The van der Waals surface area contributed by atoms with Gasteiger partial charge in [-0.1, -0.05) is 6.07 Å². The van der Waals surface area contributed by atoms with Gasteiger partial charge in [-0.2, -0.15) is 0 Å². The Balaban J connectivity index is 1.35. The molecule has 0 bridgehead atoms. The average Bonchev–Trinajstić information content (AvgIpc) is 3.40. The number of fused-ring (bicyclic) bond motifs is 1. The number of rotatable bonds is 8. The van der Waals surface area contributed by atoms with Crippen LogP contribution < -0.4 is 14.8 Å². The number of hydrogen-bond acceptors (Lipinski definition) is 8. The van der Waals surface area contributed by atoms with Crippen LogP contribution in [0, 0.1) is 0 Å². The van der Waals surface area contributed by atoms with Crippen molar-refractivity contribution >= 4 is 52.6 Å². The predicted octanol–water partition coefficient (Wildman–Crippen LogP) is 2.70. The maximum absolute atomic E-state index is 12.8. The number of ether oxygens (including phenoxy) is 2. The van der Waals surface area contributed by atoms with Crippen LogP contribution in [0.3, 0.4) is 0 Å². The minimum Gasteiger partial charge on any atom is -0.493 e. The third-order valence-corrected chi connectivity index (χ3v) is 8.45. The van der Waals surface area contributed by atoms with Crippen LogP contribution in [-0.2, 0) is 14.4 Å². The highest BCUT2D eigenvalue weighted by Gasteiger charge is 2.52. The van der Waals surface area contributed by atoms with Gasteiger partial charge < -0.3 is 19.7 Å². The summed E-state index contributed by atoms with van der Waals surface area (Å²) in [6.45, 7) is 4.55. The number of thioether (sulfide) groups is 2. The maximum atomic E-state index is 12.8. The third kappa shape index (κ3) is 4.63. The first kappa shape index (κ1) is 24.5. The van der Waals surface area contributed by atoms with E-state index >= 15 is 0 Å². The molecule has 4 amide bonds. The van der Waals surface area contributed by atoms with E-state index in [0.717, 1.165) is 23.1 Å². The molecule has 3 fully saturated rings. The van der Waals surface area contributed by atoms with E-state index in [9.17, 15) is 19.2 Å². The molecule has 2 atom stereocenters. The fourth-order valence-corrected chi connectivity index (χ4v) is 6.61. The van der Waals surface area contributed by atoms with E-state index in [1.165, 1.54) is 7.11 Å². The highest BCUT2D eigenvalue weighted by molar-refractivity contribution is 8.18. The van der Waals surface area contributed by atoms with Gasteiger partial charge >= 0.3 is 0 Å². The normalized spacial score (nSPS) is 25.3. The predicted molar refractivity (Wildman–Crippen MR) is 131 cm³/mol. The zero-order chi connectivity index (χ0) is 24.5. The largest absolute Gasteiger partial charge is 0.493 e. The van der Waals surface area contributed by atoms with Gasteiger partial charge in [-0.25, -0.2) is 0 Å². The standard InChI is InChI=1S/C23H27N3O6S2/c1-4-32-16-6-5-14(11-17(16)31-3)12-18-21(29)25(22(30)34-18)10-9-24-20(28)15-13-33-23(2)8-7-19(27)26(15)23/h5-6,11-12,15H,4,7-10,13H2,1-3H3,(H,24,28)/b18-12-/t15-,23-/m0/s1. The molecule has 3 aliphatic heterocycles. The van der Waals surface area contributed by atoms with Crippen LogP contribution in [0.15, 0.2) is 23.1 Å². The number of carbonyl (C=O) groups is 4. The topological polar surface area (TPSA) is 105 Å².